The first-order valence-corrected chi connectivity index (χ1v) is 11.2. The van der Waals surface area contributed by atoms with Crippen LogP contribution in [0.2, 0.25) is 0 Å². The van der Waals surface area contributed by atoms with Crippen molar-refractivity contribution in [3.63, 3.8) is 0 Å². The quantitative estimate of drug-likeness (QED) is 0.335. The number of primary amides is 1. The lowest BCUT2D eigenvalue weighted by Crippen LogP contribution is -2.15. The Hall–Kier alpha value is -2.56. The molecule has 9 heteroatoms. The highest BCUT2D eigenvalue weighted by Crippen LogP contribution is 2.34. The number of ether oxygens (including phenoxy) is 4. The van der Waals surface area contributed by atoms with Crippen LogP contribution in [-0.4, -0.2) is 68.9 Å². The largest absolute Gasteiger partial charge is 0.491 e. The molecule has 0 aliphatic rings. The molecule has 3 N–H and O–H groups in total. The van der Waals surface area contributed by atoms with Gasteiger partial charge in [-0.2, -0.15) is 0 Å². The van der Waals surface area contributed by atoms with Gasteiger partial charge in [0.2, 0.25) is 5.91 Å². The number of aliphatic hydroxyl groups is 1. The minimum atomic E-state index is -0.408. The first kappa shape index (κ1) is 24.1. The van der Waals surface area contributed by atoms with Gasteiger partial charge in [-0.05, 0) is 35.9 Å². The van der Waals surface area contributed by atoms with Crippen LogP contribution in [0.1, 0.15) is 5.56 Å². The maximum absolute atomic E-state index is 11.6. The van der Waals surface area contributed by atoms with Gasteiger partial charge in [-0.25, -0.2) is 4.98 Å². The molecule has 0 spiro atoms. The molecule has 1 aromatic heterocycles. The molecule has 0 radical (unpaired) electrons. The number of hydrogen-bond acceptors (Lipinski definition) is 8. The average molecular weight is 461 g/mol. The molecule has 32 heavy (non-hydrogen) atoms. The molecule has 0 bridgehead atoms. The number of fused-ring (bicyclic) bond motifs is 1. The van der Waals surface area contributed by atoms with Crippen molar-refractivity contribution >= 4 is 27.5 Å². The van der Waals surface area contributed by atoms with Gasteiger partial charge in [-0.15, -0.1) is 11.3 Å². The molecule has 3 aromatic rings. The zero-order valence-electron chi connectivity index (χ0n) is 17.8. The monoisotopic (exact) mass is 460 g/mol. The summed E-state index contributed by atoms with van der Waals surface area (Å²) in [7, 11) is 0. The van der Waals surface area contributed by atoms with Crippen molar-refractivity contribution in [2.45, 2.75) is 6.42 Å². The standard InChI is InChI=1S/C23H28N2O6S/c24-22(27)16-17-15-18(31-14-13-30-12-11-29-10-9-28-8-7-26)5-6-19(17)23-25-20-3-1-2-4-21(20)32-23/h1-6,15,26H,7-14,16H2,(H2,24,27). The Morgan fingerprint density at radius 3 is 2.31 bits per heavy atom. The maximum Gasteiger partial charge on any atom is 0.221 e. The Labute approximate surface area is 190 Å². The van der Waals surface area contributed by atoms with Crippen molar-refractivity contribution in [1.82, 2.24) is 4.98 Å². The molecule has 1 amide bonds. The second kappa shape index (κ2) is 13.1. The van der Waals surface area contributed by atoms with Crippen molar-refractivity contribution in [2.24, 2.45) is 5.73 Å². The van der Waals surface area contributed by atoms with E-state index in [-0.39, 0.29) is 13.0 Å². The molecular weight excluding hydrogens is 432 g/mol. The Morgan fingerprint density at radius 2 is 1.62 bits per heavy atom. The molecule has 0 saturated heterocycles. The summed E-state index contributed by atoms with van der Waals surface area (Å²) in [5, 5.41) is 9.44. The van der Waals surface area contributed by atoms with Gasteiger partial charge in [-0.3, -0.25) is 4.79 Å². The van der Waals surface area contributed by atoms with Crippen LogP contribution in [0.25, 0.3) is 20.8 Å². The number of benzene rings is 2. The average Bonchev–Trinajstić information content (AvgIpc) is 3.21. The second-order valence-electron chi connectivity index (χ2n) is 6.86. The summed E-state index contributed by atoms with van der Waals surface area (Å²) in [4.78, 5) is 16.3. The smallest absolute Gasteiger partial charge is 0.221 e. The van der Waals surface area contributed by atoms with Crippen LogP contribution in [0.5, 0.6) is 5.75 Å². The summed E-state index contributed by atoms with van der Waals surface area (Å²) in [6.07, 6.45) is 0.109. The van der Waals surface area contributed by atoms with E-state index in [4.69, 9.17) is 29.8 Å². The van der Waals surface area contributed by atoms with Crippen molar-refractivity contribution in [3.8, 4) is 16.3 Å². The lowest BCUT2D eigenvalue weighted by atomic mass is 10.0. The van der Waals surface area contributed by atoms with Crippen molar-refractivity contribution in [1.29, 1.82) is 0 Å². The molecule has 0 aliphatic carbocycles. The maximum atomic E-state index is 11.6. The van der Waals surface area contributed by atoms with Crippen LogP contribution < -0.4 is 10.5 Å². The van der Waals surface area contributed by atoms with Gasteiger partial charge < -0.3 is 29.8 Å². The highest BCUT2D eigenvalue weighted by Gasteiger charge is 2.13. The van der Waals surface area contributed by atoms with E-state index in [0.29, 0.717) is 52.0 Å². The number of nitrogens with zero attached hydrogens (tertiary/aromatic N) is 1. The fourth-order valence-corrected chi connectivity index (χ4v) is 4.04. The number of aromatic nitrogens is 1. The lowest BCUT2D eigenvalue weighted by Gasteiger charge is -2.11. The Balaban J connectivity index is 1.48. The van der Waals surface area contributed by atoms with E-state index in [1.165, 1.54) is 0 Å². The van der Waals surface area contributed by atoms with Gasteiger partial charge in [0.25, 0.3) is 0 Å². The highest BCUT2D eigenvalue weighted by atomic mass is 32.1. The summed E-state index contributed by atoms with van der Waals surface area (Å²) < 4.78 is 22.8. The second-order valence-corrected chi connectivity index (χ2v) is 7.89. The first-order valence-electron chi connectivity index (χ1n) is 10.4. The minimum absolute atomic E-state index is 0.0117. The van der Waals surface area contributed by atoms with Crippen LogP contribution in [0.4, 0.5) is 0 Å². The molecule has 8 nitrogen and oxygen atoms in total. The Bertz CT molecular complexity index is 961. The molecular formula is C23H28N2O6S. The SMILES string of the molecule is NC(=O)Cc1cc(OCCOCCOCCOCCO)ccc1-c1nc2ccccc2s1. The molecule has 3 rings (SSSR count). The molecule has 1 heterocycles. The predicted octanol–water partition coefficient (Wildman–Crippen LogP) is 2.41. The third kappa shape index (κ3) is 7.54. The number of aliphatic hydroxyl groups excluding tert-OH is 1. The van der Waals surface area contributed by atoms with E-state index < -0.39 is 5.91 Å². The van der Waals surface area contributed by atoms with Gasteiger partial charge >= 0.3 is 0 Å². The first-order chi connectivity index (χ1) is 15.7. The van der Waals surface area contributed by atoms with Gasteiger partial charge in [0.15, 0.2) is 0 Å². The van der Waals surface area contributed by atoms with Crippen LogP contribution in [0.15, 0.2) is 42.5 Å². The number of rotatable bonds is 15. The van der Waals surface area contributed by atoms with E-state index in [1.807, 2.05) is 42.5 Å². The zero-order chi connectivity index (χ0) is 22.6. The van der Waals surface area contributed by atoms with Gasteiger partial charge in [0, 0.05) is 5.56 Å². The fourth-order valence-electron chi connectivity index (χ4n) is 3.01. The van der Waals surface area contributed by atoms with Crippen molar-refractivity contribution in [3.05, 3.63) is 48.0 Å². The number of carbonyl (C=O) groups excluding carboxylic acids is 1. The molecule has 2 aromatic carbocycles. The third-order valence-corrected chi connectivity index (χ3v) is 5.51. The number of nitrogens with two attached hydrogens (primary N) is 1. The normalized spacial score (nSPS) is 11.2. The molecule has 0 saturated carbocycles. The van der Waals surface area contributed by atoms with Crippen LogP contribution in [-0.2, 0) is 25.4 Å². The summed E-state index contributed by atoms with van der Waals surface area (Å²) in [6.45, 7) is 2.94. The fraction of sp³-hybridized carbons (Fsp3) is 0.391. The zero-order valence-corrected chi connectivity index (χ0v) is 18.6. The highest BCUT2D eigenvalue weighted by molar-refractivity contribution is 7.21. The van der Waals surface area contributed by atoms with Crippen LogP contribution >= 0.6 is 11.3 Å². The van der Waals surface area contributed by atoms with Crippen molar-refractivity contribution in [2.75, 3.05) is 52.9 Å². The van der Waals surface area contributed by atoms with Crippen LogP contribution in [0, 0.1) is 0 Å². The van der Waals surface area contributed by atoms with Crippen molar-refractivity contribution < 1.29 is 28.8 Å². The number of thiazole rings is 1. The van der Waals surface area contributed by atoms with Gasteiger partial charge in [0.05, 0.1) is 62.9 Å². The summed E-state index contributed by atoms with van der Waals surface area (Å²) in [5.74, 6) is 0.238. The molecule has 0 fully saturated rings. The Kier molecular flexibility index (Phi) is 9.86. The summed E-state index contributed by atoms with van der Waals surface area (Å²) in [6, 6.07) is 13.5. The minimum Gasteiger partial charge on any atom is -0.491 e. The lowest BCUT2D eigenvalue weighted by molar-refractivity contribution is -0.117. The number of carbonyl (C=O) groups is 1. The molecule has 0 unspecified atom stereocenters. The Morgan fingerprint density at radius 1 is 0.938 bits per heavy atom. The van der Waals surface area contributed by atoms with Gasteiger partial charge in [-0.1, -0.05) is 12.1 Å². The number of amides is 1. The van der Waals surface area contributed by atoms with E-state index in [2.05, 4.69) is 4.98 Å². The van der Waals surface area contributed by atoms with E-state index in [0.717, 1.165) is 26.4 Å². The third-order valence-electron chi connectivity index (χ3n) is 4.44. The number of hydrogen-bond donors (Lipinski definition) is 2. The van der Waals surface area contributed by atoms with Crippen LogP contribution in [0.3, 0.4) is 0 Å². The summed E-state index contributed by atoms with van der Waals surface area (Å²) >= 11 is 1.58. The topological polar surface area (TPSA) is 113 Å². The van der Waals surface area contributed by atoms with Gasteiger partial charge in [0.1, 0.15) is 17.4 Å². The molecule has 172 valence electrons. The summed E-state index contributed by atoms with van der Waals surface area (Å²) in [5.41, 5.74) is 8.06. The van der Waals surface area contributed by atoms with E-state index >= 15 is 0 Å². The predicted molar refractivity (Wildman–Crippen MR) is 123 cm³/mol. The molecule has 0 aliphatic heterocycles. The molecule has 0 atom stereocenters. The van der Waals surface area contributed by atoms with E-state index in [1.54, 1.807) is 11.3 Å². The number of para-hydroxylation sites is 1. The van der Waals surface area contributed by atoms with E-state index in [9.17, 15) is 4.79 Å².